The van der Waals surface area contributed by atoms with Crippen LogP contribution in [0.3, 0.4) is 0 Å². The number of fused-ring (bicyclic) bond motifs is 1. The molecule has 0 spiro atoms. The highest BCUT2D eigenvalue weighted by Crippen LogP contribution is 2.35. The Morgan fingerprint density at radius 1 is 1.09 bits per heavy atom. The highest BCUT2D eigenvalue weighted by atomic mass is 19.4. The van der Waals surface area contributed by atoms with E-state index in [1.807, 2.05) is 19.1 Å². The Labute approximate surface area is 181 Å². The average molecular weight is 441 g/mol. The molecule has 1 atom stereocenters. The fraction of sp³-hybridized carbons (Fsp3) is 0.167. The van der Waals surface area contributed by atoms with Gasteiger partial charge in [-0.05, 0) is 54.4 Å². The van der Waals surface area contributed by atoms with Crippen LogP contribution >= 0.6 is 0 Å². The summed E-state index contributed by atoms with van der Waals surface area (Å²) in [5.41, 5.74) is 2.11. The molecule has 2 aromatic carbocycles. The van der Waals surface area contributed by atoms with Gasteiger partial charge in [-0.2, -0.15) is 13.2 Å². The van der Waals surface area contributed by atoms with Crippen LogP contribution in [0.15, 0.2) is 73.1 Å². The number of amides is 1. The predicted molar refractivity (Wildman–Crippen MR) is 113 cm³/mol. The van der Waals surface area contributed by atoms with Crippen LogP contribution in [0.2, 0.25) is 0 Å². The maximum Gasteiger partial charge on any atom is 0.416 e. The van der Waals surface area contributed by atoms with Gasteiger partial charge in [0.1, 0.15) is 11.5 Å². The number of hydrogen-bond acceptors (Lipinski definition) is 2. The summed E-state index contributed by atoms with van der Waals surface area (Å²) in [5, 5.41) is 2.68. The van der Waals surface area contributed by atoms with Crippen LogP contribution in [0.25, 0.3) is 5.65 Å². The molecule has 0 aliphatic heterocycles. The van der Waals surface area contributed by atoms with Crippen LogP contribution in [-0.2, 0) is 11.0 Å². The third-order valence-electron chi connectivity index (χ3n) is 5.25. The van der Waals surface area contributed by atoms with Crippen molar-refractivity contribution < 1.29 is 22.4 Å². The van der Waals surface area contributed by atoms with E-state index in [1.54, 1.807) is 22.9 Å². The summed E-state index contributed by atoms with van der Waals surface area (Å²) in [6.07, 6.45) is -1.28. The van der Waals surface area contributed by atoms with E-state index in [4.69, 9.17) is 0 Å². The van der Waals surface area contributed by atoms with Gasteiger partial charge in [0.2, 0.25) is 5.91 Å². The van der Waals surface area contributed by atoms with Crippen molar-refractivity contribution >= 4 is 17.2 Å². The molecule has 1 N–H and O–H groups in total. The van der Waals surface area contributed by atoms with E-state index in [0.717, 1.165) is 17.7 Å². The van der Waals surface area contributed by atoms with Crippen LogP contribution < -0.4 is 5.32 Å². The number of halogens is 4. The van der Waals surface area contributed by atoms with E-state index in [0.29, 0.717) is 22.6 Å². The summed E-state index contributed by atoms with van der Waals surface area (Å²) in [4.78, 5) is 17.2. The highest BCUT2D eigenvalue weighted by Gasteiger charge is 2.32. The number of pyridine rings is 1. The minimum atomic E-state index is -4.51. The molecule has 2 aromatic heterocycles. The smallest absolute Gasteiger partial charge is 0.326 e. The Morgan fingerprint density at radius 3 is 2.56 bits per heavy atom. The second-order valence-corrected chi connectivity index (χ2v) is 7.50. The molecule has 2 heterocycles. The number of imidazole rings is 1. The molecule has 0 aliphatic rings. The lowest BCUT2D eigenvalue weighted by Crippen LogP contribution is -2.18. The summed E-state index contributed by atoms with van der Waals surface area (Å²) in [5.74, 6) is -1.54. The zero-order valence-corrected chi connectivity index (χ0v) is 17.0. The number of anilines is 1. The topological polar surface area (TPSA) is 46.4 Å². The molecule has 4 aromatic rings. The van der Waals surface area contributed by atoms with Crippen LogP contribution in [0.1, 0.15) is 34.7 Å². The van der Waals surface area contributed by atoms with E-state index < -0.39 is 29.4 Å². The van der Waals surface area contributed by atoms with E-state index in [1.165, 1.54) is 30.3 Å². The Balaban J connectivity index is 1.73. The molecule has 32 heavy (non-hydrogen) atoms. The van der Waals surface area contributed by atoms with Gasteiger partial charge in [0, 0.05) is 30.4 Å². The number of hydrogen-bond donors (Lipinski definition) is 1. The lowest BCUT2D eigenvalue weighted by molar-refractivity contribution is -0.137. The number of aromatic nitrogens is 2. The zero-order valence-electron chi connectivity index (χ0n) is 17.0. The molecule has 4 nitrogen and oxygen atoms in total. The zero-order chi connectivity index (χ0) is 22.9. The van der Waals surface area contributed by atoms with Crippen molar-refractivity contribution in [2.75, 3.05) is 5.32 Å². The first-order chi connectivity index (χ1) is 15.2. The summed E-state index contributed by atoms with van der Waals surface area (Å²) >= 11 is 0. The molecule has 0 fully saturated rings. The normalized spacial score (nSPS) is 12.7. The summed E-state index contributed by atoms with van der Waals surface area (Å²) in [6, 6.07) is 13.9. The first-order valence-electron chi connectivity index (χ1n) is 9.87. The van der Waals surface area contributed by atoms with Crippen molar-refractivity contribution in [2.45, 2.75) is 25.4 Å². The van der Waals surface area contributed by atoms with Gasteiger partial charge in [-0.3, -0.25) is 4.79 Å². The molecule has 8 heteroatoms. The van der Waals surface area contributed by atoms with Gasteiger partial charge in [0.15, 0.2) is 0 Å². The van der Waals surface area contributed by atoms with Crippen molar-refractivity contribution in [1.29, 1.82) is 0 Å². The summed E-state index contributed by atoms with van der Waals surface area (Å²) in [7, 11) is 0. The lowest BCUT2D eigenvalue weighted by Gasteiger charge is -2.19. The van der Waals surface area contributed by atoms with E-state index in [9.17, 15) is 22.4 Å². The lowest BCUT2D eigenvalue weighted by atomic mass is 9.91. The quantitative estimate of drug-likeness (QED) is 0.389. The number of carbonyl (C=O) groups excluding carboxylic acids is 1. The molecular formula is C24H19F4N3O. The predicted octanol–water partition coefficient (Wildman–Crippen LogP) is 5.96. The van der Waals surface area contributed by atoms with Crippen LogP contribution in [0.4, 0.5) is 23.2 Å². The Hall–Kier alpha value is -3.68. The van der Waals surface area contributed by atoms with E-state index in [-0.39, 0.29) is 6.42 Å². The molecule has 1 unspecified atom stereocenters. The molecule has 0 bridgehead atoms. The number of benzene rings is 2. The first kappa shape index (κ1) is 21.5. The minimum absolute atomic E-state index is 0.125. The van der Waals surface area contributed by atoms with E-state index in [2.05, 4.69) is 10.3 Å². The number of nitrogens with zero attached hydrogens (tertiary/aromatic N) is 2. The van der Waals surface area contributed by atoms with Crippen molar-refractivity contribution in [1.82, 2.24) is 9.38 Å². The van der Waals surface area contributed by atoms with Gasteiger partial charge in [0.05, 0.1) is 11.3 Å². The standard InChI is InChI=1S/C24H19F4N3O/c1-15-4-3-11-31-21(14-29-23(15)31)20(16-5-2-6-17(12-16)24(26,27)28)13-22(32)30-19-9-7-18(25)8-10-19/h2-12,14,20H,13H2,1H3,(H,30,32). The number of rotatable bonds is 5. The van der Waals surface area contributed by atoms with Gasteiger partial charge in [0.25, 0.3) is 0 Å². The maximum atomic E-state index is 13.3. The molecule has 0 saturated heterocycles. The third-order valence-corrected chi connectivity index (χ3v) is 5.25. The van der Waals surface area contributed by atoms with Gasteiger partial charge in [-0.1, -0.05) is 24.3 Å². The molecule has 4 rings (SSSR count). The number of alkyl halides is 3. The number of aryl methyl sites for hydroxylation is 1. The highest BCUT2D eigenvalue weighted by molar-refractivity contribution is 5.91. The second kappa shape index (κ2) is 8.45. The molecule has 0 radical (unpaired) electrons. The monoisotopic (exact) mass is 441 g/mol. The van der Waals surface area contributed by atoms with Crippen molar-refractivity contribution in [3.8, 4) is 0 Å². The van der Waals surface area contributed by atoms with Crippen LogP contribution in [0.5, 0.6) is 0 Å². The molecule has 0 saturated carbocycles. The van der Waals surface area contributed by atoms with Crippen LogP contribution in [-0.4, -0.2) is 15.3 Å². The van der Waals surface area contributed by atoms with Gasteiger partial charge in [-0.15, -0.1) is 0 Å². The molecule has 164 valence electrons. The minimum Gasteiger partial charge on any atom is -0.326 e. The Bertz CT molecular complexity index is 1260. The van der Waals surface area contributed by atoms with Gasteiger partial charge < -0.3 is 9.72 Å². The van der Waals surface area contributed by atoms with Gasteiger partial charge >= 0.3 is 6.18 Å². The second-order valence-electron chi connectivity index (χ2n) is 7.50. The fourth-order valence-corrected chi connectivity index (χ4v) is 3.68. The molecule has 1 amide bonds. The maximum absolute atomic E-state index is 13.3. The van der Waals surface area contributed by atoms with Crippen molar-refractivity contribution in [2.24, 2.45) is 0 Å². The Morgan fingerprint density at radius 2 is 1.84 bits per heavy atom. The largest absolute Gasteiger partial charge is 0.416 e. The van der Waals surface area contributed by atoms with Crippen molar-refractivity contribution in [3.63, 3.8) is 0 Å². The average Bonchev–Trinajstić information content (AvgIpc) is 3.18. The summed E-state index contributed by atoms with van der Waals surface area (Å²) in [6.45, 7) is 1.88. The molecular weight excluding hydrogens is 422 g/mol. The molecule has 0 aliphatic carbocycles. The van der Waals surface area contributed by atoms with Crippen molar-refractivity contribution in [3.05, 3.63) is 101 Å². The summed E-state index contributed by atoms with van der Waals surface area (Å²) < 4.78 is 54.9. The van der Waals surface area contributed by atoms with Crippen LogP contribution in [0, 0.1) is 12.7 Å². The SMILES string of the molecule is Cc1cccn2c(C(CC(=O)Nc3ccc(F)cc3)c3cccc(C(F)(F)F)c3)cnc12. The number of carbonyl (C=O) groups is 1. The Kier molecular flexibility index (Phi) is 5.69. The van der Waals surface area contributed by atoms with Gasteiger partial charge in [-0.25, -0.2) is 9.37 Å². The first-order valence-corrected chi connectivity index (χ1v) is 9.87. The van der Waals surface area contributed by atoms with E-state index >= 15 is 0 Å². The number of nitrogens with one attached hydrogen (secondary N) is 1. The fourth-order valence-electron chi connectivity index (χ4n) is 3.68. The third kappa shape index (κ3) is 4.49.